The summed E-state index contributed by atoms with van der Waals surface area (Å²) in [5, 5.41) is 7.23. The van der Waals surface area contributed by atoms with Crippen LogP contribution in [0.5, 0.6) is 0 Å². The molecule has 0 atom stereocenters. The van der Waals surface area contributed by atoms with E-state index in [2.05, 4.69) is 10.4 Å². The second-order valence-corrected chi connectivity index (χ2v) is 8.26. The minimum atomic E-state index is -0.373. The molecule has 0 bridgehead atoms. The number of fused-ring (bicyclic) bond motifs is 1. The van der Waals surface area contributed by atoms with Crippen LogP contribution in [0.2, 0.25) is 0 Å². The number of nitrogens with one attached hydrogen (secondary N) is 1. The number of carbonyl (C=O) groups excluding carboxylic acids is 2. The predicted octanol–water partition coefficient (Wildman–Crippen LogP) is 4.53. The van der Waals surface area contributed by atoms with Crippen LogP contribution in [0.1, 0.15) is 28.2 Å². The van der Waals surface area contributed by atoms with Crippen molar-refractivity contribution in [3.8, 4) is 5.69 Å². The van der Waals surface area contributed by atoms with E-state index in [1.807, 2.05) is 0 Å². The summed E-state index contributed by atoms with van der Waals surface area (Å²) in [6.07, 6.45) is 2.41. The van der Waals surface area contributed by atoms with Gasteiger partial charge in [-0.2, -0.15) is 5.10 Å². The van der Waals surface area contributed by atoms with Crippen molar-refractivity contribution in [3.05, 3.63) is 71.3 Å². The normalized spacial score (nSPS) is 12.5. The Morgan fingerprint density at radius 3 is 2.53 bits per heavy atom. The highest BCUT2D eigenvalue weighted by Crippen LogP contribution is 2.29. The van der Waals surface area contributed by atoms with E-state index < -0.39 is 0 Å². The number of para-hydroxylation sites is 1. The van der Waals surface area contributed by atoms with Gasteiger partial charge in [-0.05, 0) is 67.4 Å². The summed E-state index contributed by atoms with van der Waals surface area (Å²) in [6.45, 7) is 0. The SMILES string of the molecule is CN(C)C(=O)Sc1ccc(NC(=O)c2nn(-c3ccccc3F)c3c2CCC3)cc1. The van der Waals surface area contributed by atoms with Crippen LogP contribution < -0.4 is 5.32 Å². The average molecular weight is 425 g/mol. The summed E-state index contributed by atoms with van der Waals surface area (Å²) in [5.41, 5.74) is 3.04. The number of carbonyl (C=O) groups is 2. The summed E-state index contributed by atoms with van der Waals surface area (Å²) < 4.78 is 15.8. The fourth-order valence-corrected chi connectivity index (χ4v) is 4.09. The van der Waals surface area contributed by atoms with Gasteiger partial charge in [-0.3, -0.25) is 9.59 Å². The smallest absolute Gasteiger partial charge is 0.285 e. The number of anilines is 1. The molecule has 1 aromatic heterocycles. The number of amides is 2. The number of rotatable bonds is 4. The van der Waals surface area contributed by atoms with Crippen molar-refractivity contribution in [2.45, 2.75) is 24.2 Å². The van der Waals surface area contributed by atoms with Gasteiger partial charge >= 0.3 is 0 Å². The molecule has 154 valence electrons. The highest BCUT2D eigenvalue weighted by atomic mass is 32.2. The lowest BCUT2D eigenvalue weighted by Gasteiger charge is -2.09. The summed E-state index contributed by atoms with van der Waals surface area (Å²) in [6, 6.07) is 13.5. The monoisotopic (exact) mass is 424 g/mol. The molecule has 0 aliphatic heterocycles. The first-order chi connectivity index (χ1) is 14.4. The first kappa shape index (κ1) is 20.2. The van der Waals surface area contributed by atoms with Crippen LogP contribution in [0.15, 0.2) is 53.4 Å². The van der Waals surface area contributed by atoms with E-state index >= 15 is 0 Å². The zero-order valence-electron chi connectivity index (χ0n) is 16.7. The van der Waals surface area contributed by atoms with Gasteiger partial charge in [-0.25, -0.2) is 9.07 Å². The van der Waals surface area contributed by atoms with Crippen molar-refractivity contribution in [1.82, 2.24) is 14.7 Å². The molecule has 1 heterocycles. The first-order valence-electron chi connectivity index (χ1n) is 9.60. The number of halogens is 1. The minimum absolute atomic E-state index is 0.0685. The molecule has 0 unspecified atom stereocenters. The van der Waals surface area contributed by atoms with E-state index in [1.54, 1.807) is 61.2 Å². The Bertz CT molecular complexity index is 1110. The van der Waals surface area contributed by atoms with Gasteiger partial charge in [0, 0.05) is 35.9 Å². The lowest BCUT2D eigenvalue weighted by atomic mass is 10.2. The number of benzene rings is 2. The molecule has 30 heavy (non-hydrogen) atoms. The third-order valence-corrected chi connectivity index (χ3v) is 5.96. The van der Waals surface area contributed by atoms with Crippen LogP contribution in [0.4, 0.5) is 14.9 Å². The molecular weight excluding hydrogens is 403 g/mol. The van der Waals surface area contributed by atoms with E-state index in [9.17, 15) is 14.0 Å². The largest absolute Gasteiger partial charge is 0.339 e. The summed E-state index contributed by atoms with van der Waals surface area (Å²) >= 11 is 1.12. The van der Waals surface area contributed by atoms with Gasteiger partial charge in [0.05, 0.1) is 0 Å². The zero-order chi connectivity index (χ0) is 21.3. The molecule has 0 fully saturated rings. The molecular formula is C22H21FN4O2S. The zero-order valence-corrected chi connectivity index (χ0v) is 17.5. The Hall–Kier alpha value is -3.13. The van der Waals surface area contributed by atoms with Gasteiger partial charge in [0.25, 0.3) is 11.1 Å². The lowest BCUT2D eigenvalue weighted by molar-refractivity contribution is 0.102. The molecule has 6 nitrogen and oxygen atoms in total. The van der Waals surface area contributed by atoms with Crippen molar-refractivity contribution < 1.29 is 14.0 Å². The maximum atomic E-state index is 14.3. The Morgan fingerprint density at radius 1 is 1.10 bits per heavy atom. The molecule has 1 aliphatic rings. The molecule has 2 aromatic carbocycles. The topological polar surface area (TPSA) is 67.2 Å². The molecule has 0 saturated heterocycles. The second-order valence-electron chi connectivity index (χ2n) is 7.23. The maximum Gasteiger partial charge on any atom is 0.285 e. The average Bonchev–Trinajstić information content (AvgIpc) is 3.32. The quantitative estimate of drug-likeness (QED) is 0.625. The highest BCUT2D eigenvalue weighted by Gasteiger charge is 2.27. The van der Waals surface area contributed by atoms with Crippen molar-refractivity contribution in [1.29, 1.82) is 0 Å². The number of hydrogen-bond donors (Lipinski definition) is 1. The van der Waals surface area contributed by atoms with E-state index in [1.165, 1.54) is 11.0 Å². The van der Waals surface area contributed by atoms with Crippen molar-refractivity contribution in [2.24, 2.45) is 0 Å². The number of thioether (sulfide) groups is 1. The molecule has 1 N–H and O–H groups in total. The van der Waals surface area contributed by atoms with E-state index in [0.717, 1.165) is 47.2 Å². The van der Waals surface area contributed by atoms with Crippen LogP contribution in [0.25, 0.3) is 5.69 Å². The summed E-state index contributed by atoms with van der Waals surface area (Å²) in [7, 11) is 3.39. The molecule has 8 heteroatoms. The van der Waals surface area contributed by atoms with Crippen LogP contribution in [0.3, 0.4) is 0 Å². The Balaban J connectivity index is 1.55. The lowest BCUT2D eigenvalue weighted by Crippen LogP contribution is -2.16. The summed E-state index contributed by atoms with van der Waals surface area (Å²) in [5.74, 6) is -0.699. The Morgan fingerprint density at radius 2 is 1.83 bits per heavy atom. The number of aromatic nitrogens is 2. The van der Waals surface area contributed by atoms with Gasteiger partial charge in [-0.1, -0.05) is 12.1 Å². The molecule has 0 spiro atoms. The molecule has 1 aliphatic carbocycles. The molecule has 2 amide bonds. The van der Waals surface area contributed by atoms with Gasteiger partial charge in [0.2, 0.25) is 0 Å². The highest BCUT2D eigenvalue weighted by molar-refractivity contribution is 8.13. The van der Waals surface area contributed by atoms with Crippen LogP contribution in [-0.4, -0.2) is 39.9 Å². The summed E-state index contributed by atoms with van der Waals surface area (Å²) in [4.78, 5) is 27.0. The Labute approximate surface area is 178 Å². The van der Waals surface area contributed by atoms with Crippen molar-refractivity contribution in [3.63, 3.8) is 0 Å². The number of hydrogen-bond acceptors (Lipinski definition) is 4. The van der Waals surface area contributed by atoms with Gasteiger partial charge in [-0.15, -0.1) is 0 Å². The standard InChI is InChI=1S/C22H21FN4O2S/c1-26(2)22(29)30-15-12-10-14(11-13-15)24-21(28)20-16-6-5-9-18(16)27(25-20)19-8-4-3-7-17(19)23/h3-4,7-8,10-13H,5-6,9H2,1-2H3,(H,24,28). The van der Waals surface area contributed by atoms with Crippen LogP contribution >= 0.6 is 11.8 Å². The van der Waals surface area contributed by atoms with E-state index in [-0.39, 0.29) is 17.0 Å². The third kappa shape index (κ3) is 3.95. The number of nitrogens with zero attached hydrogens (tertiary/aromatic N) is 3. The van der Waals surface area contributed by atoms with E-state index in [0.29, 0.717) is 17.1 Å². The third-order valence-electron chi connectivity index (χ3n) is 4.91. The molecule has 3 aromatic rings. The predicted molar refractivity (Wildman–Crippen MR) is 115 cm³/mol. The fourth-order valence-electron chi connectivity index (χ4n) is 3.43. The molecule has 0 saturated carbocycles. The van der Waals surface area contributed by atoms with Gasteiger partial charge in [0.15, 0.2) is 5.69 Å². The Kier molecular flexibility index (Phi) is 5.59. The molecule has 0 radical (unpaired) electrons. The van der Waals surface area contributed by atoms with Crippen LogP contribution in [-0.2, 0) is 12.8 Å². The fraction of sp³-hybridized carbons (Fsp3) is 0.227. The maximum absolute atomic E-state index is 14.3. The van der Waals surface area contributed by atoms with Crippen LogP contribution in [0, 0.1) is 5.82 Å². The first-order valence-corrected chi connectivity index (χ1v) is 10.4. The second kappa shape index (κ2) is 8.31. The van der Waals surface area contributed by atoms with Crippen molar-refractivity contribution >= 4 is 28.6 Å². The van der Waals surface area contributed by atoms with E-state index in [4.69, 9.17) is 0 Å². The van der Waals surface area contributed by atoms with Crippen molar-refractivity contribution in [2.75, 3.05) is 19.4 Å². The molecule has 4 rings (SSSR count). The minimum Gasteiger partial charge on any atom is -0.339 e. The van der Waals surface area contributed by atoms with Gasteiger partial charge < -0.3 is 10.2 Å². The van der Waals surface area contributed by atoms with Gasteiger partial charge in [0.1, 0.15) is 11.5 Å².